The fourth-order valence-corrected chi connectivity index (χ4v) is 3.29. The Balaban J connectivity index is 2.26. The molecular weight excluding hydrogens is 216 g/mol. The minimum absolute atomic E-state index is 0.143. The molecule has 0 unspecified atom stereocenters. The van der Waals surface area contributed by atoms with Crippen LogP contribution in [-0.2, 0) is 0 Å². The Morgan fingerprint density at radius 1 is 1.12 bits per heavy atom. The lowest BCUT2D eigenvalue weighted by Gasteiger charge is -2.22. The summed E-state index contributed by atoms with van der Waals surface area (Å²) >= 11 is 1.79. The number of hydrogen-bond acceptors (Lipinski definition) is 2. The van der Waals surface area contributed by atoms with Crippen molar-refractivity contribution in [3.8, 4) is 0 Å². The minimum atomic E-state index is -0.143. The summed E-state index contributed by atoms with van der Waals surface area (Å²) in [6.45, 7) is 0. The zero-order valence-electron chi connectivity index (χ0n) is 9.86. The van der Waals surface area contributed by atoms with Crippen molar-refractivity contribution in [1.29, 1.82) is 0 Å². The highest BCUT2D eigenvalue weighted by atomic mass is 32.2. The van der Waals surface area contributed by atoms with Crippen molar-refractivity contribution < 1.29 is 5.11 Å². The first-order chi connectivity index (χ1) is 7.83. The van der Waals surface area contributed by atoms with Crippen LogP contribution in [0.3, 0.4) is 0 Å². The third-order valence-electron chi connectivity index (χ3n) is 3.52. The van der Waals surface area contributed by atoms with E-state index in [-0.39, 0.29) is 6.10 Å². The number of rotatable bonds is 2. The van der Waals surface area contributed by atoms with Gasteiger partial charge in [-0.15, -0.1) is 11.8 Å². The smallest absolute Gasteiger partial charge is 0.0609 e. The van der Waals surface area contributed by atoms with Crippen LogP contribution in [0.25, 0.3) is 0 Å². The van der Waals surface area contributed by atoms with E-state index < -0.39 is 0 Å². The lowest BCUT2D eigenvalue weighted by molar-refractivity contribution is 0.134. The number of hydrogen-bond donors (Lipinski definition) is 1. The Bertz CT molecular complexity index is 337. The normalized spacial score (nSPS) is 26.4. The molecule has 0 aliphatic heterocycles. The molecule has 1 nitrogen and oxygen atoms in total. The fourth-order valence-electron chi connectivity index (χ4n) is 2.62. The Kier molecular flexibility index (Phi) is 4.30. The van der Waals surface area contributed by atoms with Gasteiger partial charge >= 0.3 is 0 Å². The molecule has 0 saturated heterocycles. The predicted molar refractivity (Wildman–Crippen MR) is 70.1 cm³/mol. The van der Waals surface area contributed by atoms with Gasteiger partial charge in [0.05, 0.1) is 6.10 Å². The van der Waals surface area contributed by atoms with Crippen LogP contribution in [-0.4, -0.2) is 17.5 Å². The van der Waals surface area contributed by atoms with Gasteiger partial charge in [0.25, 0.3) is 0 Å². The second-order valence-electron chi connectivity index (χ2n) is 4.55. The minimum Gasteiger partial charge on any atom is -0.392 e. The lowest BCUT2D eigenvalue weighted by Crippen LogP contribution is -2.17. The van der Waals surface area contributed by atoms with E-state index in [0.29, 0.717) is 5.92 Å². The van der Waals surface area contributed by atoms with Crippen molar-refractivity contribution in [3.63, 3.8) is 0 Å². The van der Waals surface area contributed by atoms with E-state index in [1.807, 2.05) is 0 Å². The summed E-state index contributed by atoms with van der Waals surface area (Å²) in [6, 6.07) is 8.52. The summed E-state index contributed by atoms with van der Waals surface area (Å²) in [7, 11) is 0. The monoisotopic (exact) mass is 236 g/mol. The Hall–Kier alpha value is -0.470. The molecule has 0 bridgehead atoms. The summed E-state index contributed by atoms with van der Waals surface area (Å²) in [5.74, 6) is 0.353. The maximum atomic E-state index is 10.2. The SMILES string of the molecule is CSc1ccccc1[C@@H]1CCCCC[C@@H]1O. The van der Waals surface area contributed by atoms with Crippen LogP contribution in [0.4, 0.5) is 0 Å². The van der Waals surface area contributed by atoms with Gasteiger partial charge in [0, 0.05) is 10.8 Å². The number of thioether (sulfide) groups is 1. The van der Waals surface area contributed by atoms with Gasteiger partial charge < -0.3 is 5.11 Å². The molecule has 2 atom stereocenters. The van der Waals surface area contributed by atoms with E-state index >= 15 is 0 Å². The molecule has 1 aromatic carbocycles. The van der Waals surface area contributed by atoms with Crippen molar-refractivity contribution in [1.82, 2.24) is 0 Å². The average molecular weight is 236 g/mol. The van der Waals surface area contributed by atoms with Gasteiger partial charge in [-0.25, -0.2) is 0 Å². The summed E-state index contributed by atoms with van der Waals surface area (Å²) in [4.78, 5) is 1.33. The number of aliphatic hydroxyl groups excluding tert-OH is 1. The van der Waals surface area contributed by atoms with E-state index in [9.17, 15) is 5.11 Å². The third-order valence-corrected chi connectivity index (χ3v) is 4.33. The van der Waals surface area contributed by atoms with Crippen LogP contribution < -0.4 is 0 Å². The molecule has 16 heavy (non-hydrogen) atoms. The van der Waals surface area contributed by atoms with Gasteiger partial charge in [0.2, 0.25) is 0 Å². The Morgan fingerprint density at radius 2 is 1.88 bits per heavy atom. The standard InChI is InChI=1S/C14H20OS/c1-16-14-10-6-5-8-12(14)11-7-3-2-4-9-13(11)15/h5-6,8,10-11,13,15H,2-4,7,9H2,1H3/t11-,13-/m0/s1. The molecule has 2 heteroatoms. The first kappa shape index (κ1) is 12.0. The largest absolute Gasteiger partial charge is 0.392 e. The molecule has 2 rings (SSSR count). The van der Waals surface area contributed by atoms with Gasteiger partial charge in [-0.1, -0.05) is 37.5 Å². The molecule has 0 spiro atoms. The molecule has 0 radical (unpaired) electrons. The van der Waals surface area contributed by atoms with Gasteiger partial charge in [-0.3, -0.25) is 0 Å². The number of benzene rings is 1. The molecule has 0 aromatic heterocycles. The van der Waals surface area contributed by atoms with Crippen LogP contribution in [0.1, 0.15) is 43.6 Å². The van der Waals surface area contributed by atoms with Gasteiger partial charge in [0.1, 0.15) is 0 Å². The van der Waals surface area contributed by atoms with Crippen LogP contribution in [0, 0.1) is 0 Å². The summed E-state index contributed by atoms with van der Waals surface area (Å²) in [6.07, 6.45) is 7.78. The van der Waals surface area contributed by atoms with E-state index in [0.717, 1.165) is 12.8 Å². The van der Waals surface area contributed by atoms with Gasteiger partial charge in [-0.05, 0) is 30.7 Å². The summed E-state index contributed by atoms with van der Waals surface area (Å²) in [5, 5.41) is 10.2. The first-order valence-corrected chi connectivity index (χ1v) is 7.36. The highest BCUT2D eigenvalue weighted by molar-refractivity contribution is 7.98. The van der Waals surface area contributed by atoms with E-state index in [4.69, 9.17) is 0 Å². The zero-order valence-corrected chi connectivity index (χ0v) is 10.7. The molecule has 1 N–H and O–H groups in total. The van der Waals surface area contributed by atoms with Crippen LogP contribution in [0.5, 0.6) is 0 Å². The van der Waals surface area contributed by atoms with Crippen LogP contribution in [0.2, 0.25) is 0 Å². The molecule has 1 aliphatic rings. The molecule has 1 aliphatic carbocycles. The zero-order chi connectivity index (χ0) is 11.4. The maximum absolute atomic E-state index is 10.2. The molecule has 1 aromatic rings. The Labute approximate surface area is 102 Å². The van der Waals surface area contributed by atoms with Crippen LogP contribution >= 0.6 is 11.8 Å². The van der Waals surface area contributed by atoms with Crippen molar-refractivity contribution in [2.24, 2.45) is 0 Å². The maximum Gasteiger partial charge on any atom is 0.0609 e. The molecule has 0 heterocycles. The van der Waals surface area contributed by atoms with Crippen molar-refractivity contribution in [2.45, 2.75) is 49.0 Å². The third kappa shape index (κ3) is 2.61. The van der Waals surface area contributed by atoms with Gasteiger partial charge in [0.15, 0.2) is 0 Å². The van der Waals surface area contributed by atoms with E-state index in [2.05, 4.69) is 30.5 Å². The average Bonchev–Trinajstić information content (AvgIpc) is 2.54. The molecular formula is C14H20OS. The number of aliphatic hydroxyl groups is 1. The molecule has 1 saturated carbocycles. The molecule has 88 valence electrons. The second-order valence-corrected chi connectivity index (χ2v) is 5.40. The molecule has 0 amide bonds. The van der Waals surface area contributed by atoms with Crippen molar-refractivity contribution >= 4 is 11.8 Å². The first-order valence-electron chi connectivity index (χ1n) is 6.14. The summed E-state index contributed by atoms with van der Waals surface area (Å²) < 4.78 is 0. The van der Waals surface area contributed by atoms with Crippen molar-refractivity contribution in [3.05, 3.63) is 29.8 Å². The summed E-state index contributed by atoms with van der Waals surface area (Å²) in [5.41, 5.74) is 1.35. The highest BCUT2D eigenvalue weighted by Gasteiger charge is 2.24. The fraction of sp³-hybridized carbons (Fsp3) is 0.571. The van der Waals surface area contributed by atoms with E-state index in [1.165, 1.54) is 29.7 Å². The van der Waals surface area contributed by atoms with Crippen LogP contribution in [0.15, 0.2) is 29.2 Å². The highest BCUT2D eigenvalue weighted by Crippen LogP contribution is 2.36. The predicted octanol–water partition coefficient (Wildman–Crippen LogP) is 3.82. The lowest BCUT2D eigenvalue weighted by atomic mass is 9.89. The van der Waals surface area contributed by atoms with Crippen molar-refractivity contribution in [2.75, 3.05) is 6.26 Å². The molecule has 1 fully saturated rings. The van der Waals surface area contributed by atoms with E-state index in [1.54, 1.807) is 11.8 Å². The quantitative estimate of drug-likeness (QED) is 0.622. The van der Waals surface area contributed by atoms with Gasteiger partial charge in [-0.2, -0.15) is 0 Å². The Morgan fingerprint density at radius 3 is 2.69 bits per heavy atom. The topological polar surface area (TPSA) is 20.2 Å². The second kappa shape index (κ2) is 5.74.